The lowest BCUT2D eigenvalue weighted by atomic mass is 9.73. The Bertz CT molecular complexity index is 1090. The van der Waals surface area contributed by atoms with Gasteiger partial charge >= 0.3 is 5.97 Å². The fourth-order valence-corrected chi connectivity index (χ4v) is 4.43. The molecule has 34 heavy (non-hydrogen) atoms. The molecule has 0 saturated carbocycles. The van der Waals surface area contributed by atoms with Crippen molar-refractivity contribution in [1.29, 1.82) is 0 Å². The number of hydrogen-bond donors (Lipinski definition) is 2. The highest BCUT2D eigenvalue weighted by Gasteiger charge is 2.33. The van der Waals surface area contributed by atoms with Crippen LogP contribution in [0.1, 0.15) is 64.5 Å². The van der Waals surface area contributed by atoms with Gasteiger partial charge in [-0.25, -0.2) is 0 Å². The zero-order chi connectivity index (χ0) is 25.1. The first kappa shape index (κ1) is 26.0. The van der Waals surface area contributed by atoms with Crippen LogP contribution in [0.25, 0.3) is 5.57 Å². The van der Waals surface area contributed by atoms with E-state index in [0.717, 1.165) is 28.7 Å². The van der Waals surface area contributed by atoms with Gasteiger partial charge in [-0.05, 0) is 66.5 Å². The summed E-state index contributed by atoms with van der Waals surface area (Å²) in [6.07, 6.45) is 6.50. The summed E-state index contributed by atoms with van der Waals surface area (Å²) in [7, 11) is 2.05. The van der Waals surface area contributed by atoms with Gasteiger partial charge in [0.15, 0.2) is 0 Å². The van der Waals surface area contributed by atoms with E-state index in [1.165, 1.54) is 6.92 Å². The van der Waals surface area contributed by atoms with Gasteiger partial charge in [0, 0.05) is 31.2 Å². The van der Waals surface area contributed by atoms with Crippen LogP contribution in [-0.4, -0.2) is 28.6 Å². The number of unbranched alkanes of at least 4 members (excludes halogenated alkanes) is 1. The number of allylic oxidation sites excluding steroid dienone is 3. The third-order valence-corrected chi connectivity index (χ3v) is 6.21. The van der Waals surface area contributed by atoms with Crippen LogP contribution in [0, 0.1) is 23.2 Å². The van der Waals surface area contributed by atoms with Gasteiger partial charge < -0.3 is 15.2 Å². The molecule has 2 aliphatic rings. The highest BCUT2D eigenvalue weighted by atomic mass is 31.0. The highest BCUT2D eigenvalue weighted by Crippen LogP contribution is 2.40. The van der Waals surface area contributed by atoms with Gasteiger partial charge in [0.25, 0.3) is 5.60 Å². The van der Waals surface area contributed by atoms with Crippen molar-refractivity contribution in [3.05, 3.63) is 47.1 Å². The zero-order valence-corrected chi connectivity index (χ0v) is 21.4. The number of ether oxygens (including phenoxy) is 1. The van der Waals surface area contributed by atoms with Crippen molar-refractivity contribution in [2.75, 3.05) is 0 Å². The molecule has 5 nitrogen and oxygen atoms in total. The number of amides is 1. The van der Waals surface area contributed by atoms with Crippen LogP contribution in [0.2, 0.25) is 0 Å². The maximum Gasteiger partial charge on any atom is 0.303 e. The molecule has 0 aromatic heterocycles. The molecule has 1 amide bonds. The SMILES string of the molecule is CC1=C/C2C#CC(/C=C\1c1cc(CCCCC(=O)O)ccc1OC(C)(F)P)NC(=O)CC2(C)C. The number of nitrogens with one attached hydrogen (secondary N) is 1. The monoisotopic (exact) mass is 485 g/mol. The molecule has 1 heterocycles. The number of rotatable bonds is 8. The molecule has 7 heteroatoms. The molecule has 1 aliphatic heterocycles. The van der Waals surface area contributed by atoms with Crippen molar-refractivity contribution in [3.63, 3.8) is 0 Å². The van der Waals surface area contributed by atoms with Crippen molar-refractivity contribution in [2.45, 2.75) is 71.4 Å². The smallest absolute Gasteiger partial charge is 0.303 e. The first-order chi connectivity index (χ1) is 15.8. The quantitative estimate of drug-likeness (QED) is 0.299. The van der Waals surface area contributed by atoms with E-state index in [1.54, 1.807) is 6.07 Å². The molecule has 0 radical (unpaired) electrons. The second-order valence-corrected chi connectivity index (χ2v) is 11.0. The Morgan fingerprint density at radius 2 is 2.06 bits per heavy atom. The molecule has 182 valence electrons. The van der Waals surface area contributed by atoms with E-state index in [2.05, 4.69) is 32.5 Å². The van der Waals surface area contributed by atoms with Crippen LogP contribution in [0.15, 0.2) is 35.9 Å². The number of fused-ring (bicyclic) bond motifs is 2. The molecule has 1 aromatic rings. The number of carboxylic acid groups (broad SMARTS) is 1. The first-order valence-electron chi connectivity index (χ1n) is 11.6. The van der Waals surface area contributed by atoms with Crippen LogP contribution in [0.5, 0.6) is 5.75 Å². The minimum absolute atomic E-state index is 0.0532. The molecule has 2 bridgehead atoms. The summed E-state index contributed by atoms with van der Waals surface area (Å²) < 4.78 is 20.1. The van der Waals surface area contributed by atoms with Crippen LogP contribution < -0.4 is 10.1 Å². The summed E-state index contributed by atoms with van der Waals surface area (Å²) in [5, 5.41) is 11.9. The number of hydrogen-bond acceptors (Lipinski definition) is 3. The third-order valence-electron chi connectivity index (χ3n) is 6.09. The van der Waals surface area contributed by atoms with E-state index in [4.69, 9.17) is 9.84 Å². The van der Waals surface area contributed by atoms with Crippen LogP contribution in [-0.2, 0) is 16.0 Å². The maximum absolute atomic E-state index is 14.5. The average Bonchev–Trinajstić information content (AvgIpc) is 2.69. The third kappa shape index (κ3) is 6.93. The Morgan fingerprint density at radius 3 is 2.74 bits per heavy atom. The summed E-state index contributed by atoms with van der Waals surface area (Å²) in [6, 6.07) is 5.13. The predicted octanol–water partition coefficient (Wildman–Crippen LogP) is 5.26. The molecule has 4 unspecified atom stereocenters. The number of alkyl halides is 1. The Balaban J connectivity index is 2.06. The van der Waals surface area contributed by atoms with Crippen molar-refractivity contribution in [3.8, 4) is 17.6 Å². The molecule has 1 aliphatic carbocycles. The number of benzene rings is 1. The van der Waals surface area contributed by atoms with Crippen molar-refractivity contribution in [1.82, 2.24) is 5.32 Å². The number of aryl methyl sites for hydroxylation is 1. The fourth-order valence-electron chi connectivity index (χ4n) is 4.30. The molecule has 2 N–H and O–H groups in total. The summed E-state index contributed by atoms with van der Waals surface area (Å²) in [4.78, 5) is 23.4. The number of halogens is 1. The molecule has 1 aromatic carbocycles. The molecular weight excluding hydrogens is 452 g/mol. The summed E-state index contributed by atoms with van der Waals surface area (Å²) in [6.45, 7) is 7.40. The largest absolute Gasteiger partial charge is 0.481 e. The number of carbonyl (C=O) groups is 2. The van der Waals surface area contributed by atoms with Crippen molar-refractivity contribution >= 4 is 26.7 Å². The van der Waals surface area contributed by atoms with E-state index in [1.807, 2.05) is 39.0 Å². The van der Waals surface area contributed by atoms with E-state index in [9.17, 15) is 14.0 Å². The van der Waals surface area contributed by atoms with E-state index in [-0.39, 0.29) is 23.7 Å². The van der Waals surface area contributed by atoms with E-state index < -0.39 is 17.6 Å². The second kappa shape index (κ2) is 10.3. The predicted molar refractivity (Wildman–Crippen MR) is 135 cm³/mol. The average molecular weight is 486 g/mol. The van der Waals surface area contributed by atoms with Gasteiger partial charge in [0.2, 0.25) is 5.91 Å². The summed E-state index contributed by atoms with van der Waals surface area (Å²) in [5.74, 6) is 5.92. The van der Waals surface area contributed by atoms with Crippen molar-refractivity contribution < 1.29 is 23.8 Å². The summed E-state index contributed by atoms with van der Waals surface area (Å²) >= 11 is 0. The number of carboxylic acids is 1. The minimum atomic E-state index is -1.96. The number of carbonyl (C=O) groups excluding carboxylic acids is 1. The summed E-state index contributed by atoms with van der Waals surface area (Å²) in [5.41, 5.74) is 1.23. The van der Waals surface area contributed by atoms with E-state index in [0.29, 0.717) is 25.0 Å². The first-order valence-corrected chi connectivity index (χ1v) is 12.1. The van der Waals surface area contributed by atoms with Gasteiger partial charge in [-0.3, -0.25) is 9.59 Å². The maximum atomic E-state index is 14.5. The molecular formula is C27H33FNO4P. The Hall–Kier alpha value is -2.64. The van der Waals surface area contributed by atoms with Crippen LogP contribution in [0.4, 0.5) is 4.39 Å². The van der Waals surface area contributed by atoms with Gasteiger partial charge in [-0.15, -0.1) is 0 Å². The Kier molecular flexibility index (Phi) is 7.88. The zero-order valence-electron chi connectivity index (χ0n) is 20.2. The standard InChI is InChI=1S/C27H33FNO4P/c1-17-13-19-10-11-20(29-24(30)16-26(19,2)3)15-21(17)22-14-18(7-5-6-8-25(31)32)9-12-23(22)33-27(4,28)34/h9,12-15,19-20H,5-8,16,34H2,1-4H3,(H,29,30)(H,31,32)/b17-13-,21-15+. The van der Waals surface area contributed by atoms with Gasteiger partial charge in [0.1, 0.15) is 11.8 Å². The van der Waals surface area contributed by atoms with E-state index >= 15 is 0 Å². The lowest BCUT2D eigenvalue weighted by molar-refractivity contribution is -0.137. The lowest BCUT2D eigenvalue weighted by Gasteiger charge is -2.33. The minimum Gasteiger partial charge on any atom is -0.481 e. The molecule has 0 fully saturated rings. The molecule has 3 rings (SSSR count). The van der Waals surface area contributed by atoms with Crippen LogP contribution in [0.3, 0.4) is 0 Å². The fraction of sp³-hybridized carbons (Fsp3) is 0.481. The topological polar surface area (TPSA) is 75.6 Å². The molecule has 0 saturated heterocycles. The Labute approximate surface area is 203 Å². The van der Waals surface area contributed by atoms with Gasteiger partial charge in [-0.1, -0.05) is 47.1 Å². The molecule has 0 spiro atoms. The van der Waals surface area contributed by atoms with Gasteiger partial charge in [-0.2, -0.15) is 4.39 Å². The van der Waals surface area contributed by atoms with Gasteiger partial charge in [0.05, 0.1) is 0 Å². The molecule has 4 atom stereocenters. The normalized spacial score (nSPS) is 26.0. The second-order valence-electron chi connectivity index (χ2n) is 9.93. The van der Waals surface area contributed by atoms with Crippen LogP contribution >= 0.6 is 9.24 Å². The number of aliphatic carboxylic acids is 1. The lowest BCUT2D eigenvalue weighted by Crippen LogP contribution is -2.40. The Morgan fingerprint density at radius 1 is 1.32 bits per heavy atom. The highest BCUT2D eigenvalue weighted by molar-refractivity contribution is 7.18. The van der Waals surface area contributed by atoms with Crippen molar-refractivity contribution in [2.24, 2.45) is 11.3 Å².